The number of imidazole rings is 1. The van der Waals surface area contributed by atoms with Crippen molar-refractivity contribution < 1.29 is 27.0 Å². The molecule has 0 unspecified atom stereocenters. The van der Waals surface area contributed by atoms with E-state index in [-0.39, 0.29) is 23.3 Å². The highest BCUT2D eigenvalue weighted by molar-refractivity contribution is 7.69. The van der Waals surface area contributed by atoms with Crippen LogP contribution < -0.4 is 10.2 Å². The number of fused-ring (bicyclic) bond motifs is 9. The third-order valence-corrected chi connectivity index (χ3v) is 8.15. The molecule has 6 rings (SSSR count). The number of pyridine rings is 1. The van der Waals surface area contributed by atoms with Gasteiger partial charge in [-0.25, -0.2) is 4.98 Å². The van der Waals surface area contributed by atoms with Crippen LogP contribution in [0.15, 0.2) is 54.7 Å². The van der Waals surface area contributed by atoms with Crippen LogP contribution in [0.3, 0.4) is 0 Å². The summed E-state index contributed by atoms with van der Waals surface area (Å²) in [6.07, 6.45) is 1.78. The average molecular weight is 511 g/mol. The molecule has 0 N–H and O–H groups in total. The van der Waals surface area contributed by atoms with E-state index >= 15 is 0 Å². The van der Waals surface area contributed by atoms with E-state index in [0.717, 1.165) is 16.0 Å². The number of nitrogens with zero attached hydrogens (tertiary/aromatic N) is 4. The summed E-state index contributed by atoms with van der Waals surface area (Å²) in [4.78, 5) is 23.4. The molecule has 2 bridgehead atoms. The summed E-state index contributed by atoms with van der Waals surface area (Å²) < 4.78 is 70.1. The van der Waals surface area contributed by atoms with Crippen LogP contribution >= 0.6 is 7.14 Å². The zero-order valence-corrected chi connectivity index (χ0v) is 20.2. The molecule has 4 heterocycles. The number of hydrogen-bond donors (Lipinski definition) is 0. The predicted octanol–water partition coefficient (Wildman–Crippen LogP) is 5.07. The van der Waals surface area contributed by atoms with Crippen LogP contribution in [0, 0.1) is 0 Å². The molecule has 0 saturated heterocycles. The van der Waals surface area contributed by atoms with Crippen molar-refractivity contribution in [1.82, 2.24) is 19.4 Å². The Bertz CT molecular complexity index is 1680. The van der Waals surface area contributed by atoms with Crippen LogP contribution in [0.25, 0.3) is 22.2 Å². The molecule has 36 heavy (non-hydrogen) atoms. The lowest BCUT2D eigenvalue weighted by Crippen LogP contribution is -2.30. The molecule has 2 aromatic carbocycles. The number of hydrogen-bond acceptors (Lipinski definition) is 5. The minimum absolute atomic E-state index is 0.00350. The first-order chi connectivity index (χ1) is 18.3. The predicted molar refractivity (Wildman–Crippen MR) is 133 cm³/mol. The fraction of sp³-hybridized carbons (Fsp3) is 0.269. The molecule has 1 amide bonds. The largest absolute Gasteiger partial charge is 0.434 e. The Labute approximate surface area is 210 Å². The van der Waals surface area contributed by atoms with Crippen molar-refractivity contribution in [3.63, 3.8) is 0 Å². The van der Waals surface area contributed by atoms with E-state index in [4.69, 9.17) is 13.8 Å². The number of carbonyl (C=O) groups is 1. The van der Waals surface area contributed by atoms with Gasteiger partial charge in [-0.3, -0.25) is 9.78 Å². The molecule has 0 aliphatic carbocycles. The molecule has 0 radical (unpaired) electrons. The molecular weight excluding hydrogens is 485 g/mol. The van der Waals surface area contributed by atoms with E-state index in [2.05, 4.69) is 4.98 Å². The molecule has 0 saturated carbocycles. The van der Waals surface area contributed by atoms with Crippen LogP contribution in [-0.4, -0.2) is 52.3 Å². The molecule has 2 aliphatic rings. The number of ether oxygens (including phenoxy) is 1. The van der Waals surface area contributed by atoms with Gasteiger partial charge in [0, 0.05) is 40.4 Å². The second-order valence-corrected chi connectivity index (χ2v) is 12.5. The molecule has 0 spiro atoms. The van der Waals surface area contributed by atoms with Crippen molar-refractivity contribution in [1.29, 1.82) is 0 Å². The van der Waals surface area contributed by atoms with Gasteiger partial charge in [0.2, 0.25) is 0 Å². The van der Waals surface area contributed by atoms with E-state index in [1.165, 1.54) is 18.2 Å². The summed E-state index contributed by atoms with van der Waals surface area (Å²) in [5.74, 6) is -0.604. The fourth-order valence-corrected chi connectivity index (χ4v) is 5.93. The summed E-state index contributed by atoms with van der Waals surface area (Å²) in [6, 6.07) is 11.7. The van der Waals surface area contributed by atoms with Crippen molar-refractivity contribution >= 4 is 29.5 Å². The standard InChI is InChI=1S/C26H23F2N4O3P/c1-31-20-12-19(23-16(25(31)33)5-4-6-21(23)35-26(27)28)32-18-11-14(7-9-17(18)30-24(20)32)15-8-10-22(29-13-15)36(2,3)34/h4-11,13,19-20,26H,12H2,1-3H3/t19-,20-/m1/s1/i1D3. The fourth-order valence-electron chi connectivity index (χ4n) is 5.16. The topological polar surface area (TPSA) is 77.3 Å². The highest BCUT2D eigenvalue weighted by atomic mass is 31.2. The van der Waals surface area contributed by atoms with Gasteiger partial charge in [0.05, 0.1) is 28.6 Å². The van der Waals surface area contributed by atoms with Gasteiger partial charge in [0.25, 0.3) is 5.91 Å². The van der Waals surface area contributed by atoms with E-state index in [0.29, 0.717) is 22.3 Å². The number of amides is 1. The number of rotatable bonds is 4. The van der Waals surface area contributed by atoms with E-state index in [1.807, 2.05) is 22.8 Å². The summed E-state index contributed by atoms with van der Waals surface area (Å²) >= 11 is 0. The zero-order chi connectivity index (χ0) is 27.9. The van der Waals surface area contributed by atoms with Crippen LogP contribution in [-0.2, 0) is 4.57 Å². The molecule has 2 aromatic heterocycles. The van der Waals surface area contributed by atoms with Crippen molar-refractivity contribution in [2.45, 2.75) is 25.1 Å². The van der Waals surface area contributed by atoms with Gasteiger partial charge in [0.1, 0.15) is 18.7 Å². The smallest absolute Gasteiger partial charge is 0.387 e. The molecule has 184 valence electrons. The maximum atomic E-state index is 13.5. The summed E-state index contributed by atoms with van der Waals surface area (Å²) in [5.41, 5.74) is 3.48. The molecule has 10 heteroatoms. The molecule has 0 fully saturated rings. The average Bonchev–Trinajstić information content (AvgIpc) is 3.35. The number of carbonyl (C=O) groups excluding carboxylic acids is 1. The molecule has 4 aromatic rings. The monoisotopic (exact) mass is 511 g/mol. The second kappa shape index (κ2) is 7.96. The van der Waals surface area contributed by atoms with Crippen LogP contribution in [0.5, 0.6) is 5.75 Å². The zero-order valence-electron chi connectivity index (χ0n) is 22.4. The van der Waals surface area contributed by atoms with Gasteiger partial charge in [-0.05, 0) is 49.2 Å². The van der Waals surface area contributed by atoms with E-state index in [9.17, 15) is 18.1 Å². The SMILES string of the molecule is [2H]C([2H])([2H])N1C(=O)c2cccc(OC(F)F)c2[C@H]2C[C@@H]1c1nc3ccc(-c4ccc(P(C)(C)=O)nc4)cc3n12. The minimum atomic E-state index is -3.13. The molecular formula is C26H23F2N4O3P. The first-order valence-electron chi connectivity index (χ1n) is 12.8. The van der Waals surface area contributed by atoms with Gasteiger partial charge in [0.15, 0.2) is 0 Å². The Hall–Kier alpha value is -3.58. The molecule has 2 atom stereocenters. The third kappa shape index (κ3) is 3.45. The maximum absolute atomic E-state index is 13.5. The summed E-state index contributed by atoms with van der Waals surface area (Å²) in [6.45, 7) is -2.63. The Kier molecular flexibility index (Phi) is 4.33. The number of alkyl halides is 2. The van der Waals surface area contributed by atoms with Gasteiger partial charge < -0.3 is 18.8 Å². The highest BCUT2D eigenvalue weighted by Crippen LogP contribution is 2.50. The van der Waals surface area contributed by atoms with Crippen molar-refractivity contribution in [2.24, 2.45) is 0 Å². The second-order valence-electron chi connectivity index (χ2n) is 9.34. The van der Waals surface area contributed by atoms with Gasteiger partial charge in [-0.15, -0.1) is 0 Å². The normalized spacial score (nSPS) is 20.5. The molecule has 7 nitrogen and oxygen atoms in total. The summed E-state index contributed by atoms with van der Waals surface area (Å²) in [7, 11) is -2.53. The van der Waals surface area contributed by atoms with Crippen LogP contribution in [0.4, 0.5) is 8.78 Å². The van der Waals surface area contributed by atoms with Crippen molar-refractivity contribution in [2.75, 3.05) is 20.3 Å². The Morgan fingerprint density at radius 2 is 1.94 bits per heavy atom. The summed E-state index contributed by atoms with van der Waals surface area (Å²) in [5, 5.41) is 0. The first-order valence-corrected chi connectivity index (χ1v) is 13.9. The highest BCUT2D eigenvalue weighted by Gasteiger charge is 2.45. The Morgan fingerprint density at radius 1 is 1.14 bits per heavy atom. The number of benzene rings is 2. The number of aromatic nitrogens is 3. The molecule has 2 aliphatic heterocycles. The van der Waals surface area contributed by atoms with Gasteiger partial charge in [-0.2, -0.15) is 8.78 Å². The van der Waals surface area contributed by atoms with Crippen molar-refractivity contribution in [3.05, 3.63) is 71.7 Å². The lowest BCUT2D eigenvalue weighted by Gasteiger charge is -2.24. The van der Waals surface area contributed by atoms with Crippen LogP contribution in [0.1, 0.15) is 44.4 Å². The lowest BCUT2D eigenvalue weighted by atomic mass is 9.97. The lowest BCUT2D eigenvalue weighted by molar-refractivity contribution is -0.0507. The van der Waals surface area contributed by atoms with Crippen LogP contribution in [0.2, 0.25) is 0 Å². The Balaban J connectivity index is 1.57. The maximum Gasteiger partial charge on any atom is 0.387 e. The van der Waals surface area contributed by atoms with Gasteiger partial charge in [-0.1, -0.05) is 18.2 Å². The quantitative estimate of drug-likeness (QED) is 0.358. The third-order valence-electron chi connectivity index (χ3n) is 6.78. The van der Waals surface area contributed by atoms with Gasteiger partial charge >= 0.3 is 6.61 Å². The number of halogens is 2. The Morgan fingerprint density at radius 3 is 2.64 bits per heavy atom. The van der Waals surface area contributed by atoms with E-state index in [1.54, 1.807) is 31.7 Å². The first kappa shape index (κ1) is 19.6. The van der Waals surface area contributed by atoms with Crippen molar-refractivity contribution in [3.8, 4) is 16.9 Å². The minimum Gasteiger partial charge on any atom is -0.434 e. The van der Waals surface area contributed by atoms with E-state index < -0.39 is 38.7 Å².